The number of carbonyl (C=O) groups excluding carboxylic acids is 3. The van der Waals surface area contributed by atoms with E-state index in [1.54, 1.807) is 36.4 Å². The first-order valence-corrected chi connectivity index (χ1v) is 9.67. The molecule has 0 atom stereocenters. The van der Waals surface area contributed by atoms with Gasteiger partial charge in [-0.05, 0) is 70.8 Å². The first-order chi connectivity index (χ1) is 11.9. The van der Waals surface area contributed by atoms with Gasteiger partial charge in [-0.15, -0.1) is 0 Å². The number of thioether (sulfide) groups is 1. The summed E-state index contributed by atoms with van der Waals surface area (Å²) in [6, 6.07) is 10.5. The van der Waals surface area contributed by atoms with Crippen molar-refractivity contribution in [3.63, 3.8) is 0 Å². The summed E-state index contributed by atoms with van der Waals surface area (Å²) in [6.07, 6.45) is 1.50. The fourth-order valence-electron chi connectivity index (χ4n) is 2.05. The van der Waals surface area contributed by atoms with Crippen molar-refractivity contribution < 1.29 is 18.8 Å². The van der Waals surface area contributed by atoms with Crippen LogP contribution in [-0.4, -0.2) is 28.5 Å². The number of imide groups is 1. The smallest absolute Gasteiger partial charge is 0.294 e. The van der Waals surface area contributed by atoms with E-state index < -0.39 is 17.1 Å². The van der Waals surface area contributed by atoms with Gasteiger partial charge in [0.25, 0.3) is 11.1 Å². The van der Waals surface area contributed by atoms with Gasteiger partial charge >= 0.3 is 0 Å². The number of benzene rings is 1. The van der Waals surface area contributed by atoms with Gasteiger partial charge < -0.3 is 9.73 Å². The number of nitrogens with one attached hydrogen (secondary N) is 1. The van der Waals surface area contributed by atoms with Gasteiger partial charge in [-0.3, -0.25) is 19.3 Å². The molecule has 1 fully saturated rings. The van der Waals surface area contributed by atoms with Crippen molar-refractivity contribution in [1.29, 1.82) is 0 Å². The van der Waals surface area contributed by atoms with E-state index in [1.807, 2.05) is 22.6 Å². The molecule has 0 unspecified atom stereocenters. The maximum absolute atomic E-state index is 12.3. The highest BCUT2D eigenvalue weighted by molar-refractivity contribution is 14.1. The van der Waals surface area contributed by atoms with Gasteiger partial charge in [0.2, 0.25) is 5.91 Å². The van der Waals surface area contributed by atoms with Crippen molar-refractivity contribution in [1.82, 2.24) is 4.90 Å². The largest absolute Gasteiger partial charge is 0.451 e. The lowest BCUT2D eigenvalue weighted by molar-refractivity contribution is -0.127. The molecular formula is C16H10BrIN2O4S. The van der Waals surface area contributed by atoms with Crippen LogP contribution in [0.25, 0.3) is 6.08 Å². The third kappa shape index (κ3) is 4.53. The summed E-state index contributed by atoms with van der Waals surface area (Å²) in [5.41, 5.74) is 0.584. The number of anilines is 1. The van der Waals surface area contributed by atoms with Crippen molar-refractivity contribution in [2.75, 3.05) is 11.9 Å². The second-order valence-corrected chi connectivity index (χ2v) is 7.94. The third-order valence-electron chi connectivity index (χ3n) is 3.17. The van der Waals surface area contributed by atoms with Gasteiger partial charge in [0, 0.05) is 16.2 Å². The maximum Gasteiger partial charge on any atom is 0.294 e. The van der Waals surface area contributed by atoms with Crippen molar-refractivity contribution in [2.24, 2.45) is 0 Å². The van der Waals surface area contributed by atoms with Gasteiger partial charge in [0.05, 0.1) is 4.91 Å². The van der Waals surface area contributed by atoms with Crippen LogP contribution in [0.2, 0.25) is 0 Å². The van der Waals surface area contributed by atoms with Gasteiger partial charge in [0.1, 0.15) is 12.3 Å². The van der Waals surface area contributed by atoms with E-state index in [0.717, 1.165) is 21.1 Å². The molecule has 2 aromatic rings. The van der Waals surface area contributed by atoms with Crippen molar-refractivity contribution in [2.45, 2.75) is 0 Å². The van der Waals surface area contributed by atoms with Crippen LogP contribution in [0.15, 0.2) is 50.2 Å². The Hall–Kier alpha value is -1.59. The average Bonchev–Trinajstić information content (AvgIpc) is 3.08. The Balaban J connectivity index is 1.67. The van der Waals surface area contributed by atoms with E-state index >= 15 is 0 Å². The van der Waals surface area contributed by atoms with Crippen LogP contribution in [-0.2, 0) is 9.59 Å². The lowest BCUT2D eigenvalue weighted by Crippen LogP contribution is -2.36. The summed E-state index contributed by atoms with van der Waals surface area (Å²) >= 11 is 6.10. The average molecular weight is 533 g/mol. The van der Waals surface area contributed by atoms with E-state index in [9.17, 15) is 14.4 Å². The Bertz CT molecular complexity index is 879. The molecule has 1 aromatic carbocycles. The maximum atomic E-state index is 12.3. The van der Waals surface area contributed by atoms with Crippen LogP contribution in [0.3, 0.4) is 0 Å². The van der Waals surface area contributed by atoms with Crippen LogP contribution in [0.5, 0.6) is 0 Å². The van der Waals surface area contributed by atoms with Crippen molar-refractivity contribution >= 4 is 79.1 Å². The minimum Gasteiger partial charge on any atom is -0.451 e. The van der Waals surface area contributed by atoms with Gasteiger partial charge in [-0.25, -0.2) is 0 Å². The number of furan rings is 1. The van der Waals surface area contributed by atoms with Crippen molar-refractivity contribution in [3.8, 4) is 0 Å². The van der Waals surface area contributed by atoms with Crippen LogP contribution in [0.4, 0.5) is 10.5 Å². The molecule has 6 nitrogen and oxygen atoms in total. The number of amides is 3. The topological polar surface area (TPSA) is 79.6 Å². The highest BCUT2D eigenvalue weighted by Gasteiger charge is 2.36. The number of halogens is 2. The molecule has 128 valence electrons. The fraction of sp³-hybridized carbons (Fsp3) is 0.0625. The molecule has 1 saturated heterocycles. The van der Waals surface area contributed by atoms with E-state index in [-0.39, 0.29) is 11.4 Å². The minimum absolute atomic E-state index is 0.229. The summed E-state index contributed by atoms with van der Waals surface area (Å²) < 4.78 is 6.93. The quantitative estimate of drug-likeness (QED) is 0.468. The predicted octanol–water partition coefficient (Wildman–Crippen LogP) is 4.32. The first kappa shape index (κ1) is 18.2. The summed E-state index contributed by atoms with van der Waals surface area (Å²) in [5.74, 6) is -0.472. The van der Waals surface area contributed by atoms with Crippen LogP contribution < -0.4 is 5.32 Å². The predicted molar refractivity (Wildman–Crippen MR) is 107 cm³/mol. The number of hydrogen-bond acceptors (Lipinski definition) is 5. The SMILES string of the molecule is O=C(CN1C(=O)S/C(=C\c2ccc(I)o2)C1=O)Nc1ccc(Br)cc1. The molecule has 3 amide bonds. The zero-order valence-electron chi connectivity index (χ0n) is 12.5. The van der Waals surface area contributed by atoms with Crippen LogP contribution >= 0.6 is 50.3 Å². The zero-order valence-corrected chi connectivity index (χ0v) is 17.1. The van der Waals surface area contributed by atoms with Crippen LogP contribution in [0, 0.1) is 3.77 Å². The minimum atomic E-state index is -0.507. The van der Waals surface area contributed by atoms with E-state index in [4.69, 9.17) is 4.42 Å². The molecule has 1 aliphatic rings. The highest BCUT2D eigenvalue weighted by Crippen LogP contribution is 2.32. The molecule has 0 aliphatic carbocycles. The number of nitrogens with zero attached hydrogens (tertiary/aromatic N) is 1. The molecule has 9 heteroatoms. The fourth-order valence-corrected chi connectivity index (χ4v) is 3.57. The standard InChI is InChI=1S/C16H10BrIN2O4S/c17-9-1-3-10(4-2-9)19-14(21)8-20-15(22)12(25-16(20)23)7-11-5-6-13(18)24-11/h1-7H,8H2,(H,19,21)/b12-7-. The molecule has 1 aliphatic heterocycles. The molecule has 0 radical (unpaired) electrons. The first-order valence-electron chi connectivity index (χ1n) is 6.98. The zero-order chi connectivity index (χ0) is 18.0. The normalized spacial score (nSPS) is 15.9. The molecule has 1 aromatic heterocycles. The summed E-state index contributed by atoms with van der Waals surface area (Å²) in [7, 11) is 0. The monoisotopic (exact) mass is 532 g/mol. The Morgan fingerprint density at radius 1 is 1.24 bits per heavy atom. The van der Waals surface area contributed by atoms with Crippen molar-refractivity contribution in [3.05, 3.63) is 55.3 Å². The summed E-state index contributed by atoms with van der Waals surface area (Å²) in [4.78, 5) is 37.6. The molecule has 0 saturated carbocycles. The van der Waals surface area contributed by atoms with Gasteiger partial charge in [0.15, 0.2) is 3.77 Å². The Kier molecular flexibility index (Phi) is 5.64. The lowest BCUT2D eigenvalue weighted by atomic mass is 10.3. The second-order valence-electron chi connectivity index (χ2n) is 4.96. The molecule has 2 heterocycles. The summed E-state index contributed by atoms with van der Waals surface area (Å²) in [5, 5.41) is 2.17. The van der Waals surface area contributed by atoms with E-state index in [2.05, 4.69) is 21.2 Å². The Labute approximate surface area is 169 Å². The highest BCUT2D eigenvalue weighted by atomic mass is 127. The number of rotatable bonds is 4. The number of hydrogen-bond donors (Lipinski definition) is 1. The van der Waals surface area contributed by atoms with E-state index in [0.29, 0.717) is 15.2 Å². The molecular weight excluding hydrogens is 523 g/mol. The van der Waals surface area contributed by atoms with E-state index in [1.165, 1.54) is 6.08 Å². The molecule has 0 spiro atoms. The van der Waals surface area contributed by atoms with Gasteiger partial charge in [-0.1, -0.05) is 15.9 Å². The van der Waals surface area contributed by atoms with Gasteiger partial charge in [-0.2, -0.15) is 0 Å². The number of carbonyl (C=O) groups is 3. The molecule has 3 rings (SSSR count). The Morgan fingerprint density at radius 3 is 2.60 bits per heavy atom. The molecule has 25 heavy (non-hydrogen) atoms. The Morgan fingerprint density at radius 2 is 1.96 bits per heavy atom. The molecule has 1 N–H and O–H groups in total. The summed E-state index contributed by atoms with van der Waals surface area (Å²) in [6.45, 7) is -0.340. The lowest BCUT2D eigenvalue weighted by Gasteiger charge is -2.12. The van der Waals surface area contributed by atoms with Crippen LogP contribution in [0.1, 0.15) is 5.76 Å². The second kappa shape index (κ2) is 7.75. The third-order valence-corrected chi connectivity index (χ3v) is 5.19. The molecule has 0 bridgehead atoms.